The SMILES string of the molecule is COc1ccc(Nc2cccc(-c3ccc(OC)cc3)n2)cc1. The van der Waals surface area contributed by atoms with Crippen LogP contribution in [0.1, 0.15) is 0 Å². The zero-order valence-corrected chi connectivity index (χ0v) is 13.1. The summed E-state index contributed by atoms with van der Waals surface area (Å²) in [6, 6.07) is 21.5. The second kappa shape index (κ2) is 6.83. The van der Waals surface area contributed by atoms with Crippen LogP contribution in [0.25, 0.3) is 11.3 Å². The molecule has 4 heteroatoms. The van der Waals surface area contributed by atoms with Crippen molar-refractivity contribution in [1.29, 1.82) is 0 Å². The van der Waals surface area contributed by atoms with Crippen LogP contribution >= 0.6 is 0 Å². The zero-order valence-electron chi connectivity index (χ0n) is 13.1. The average molecular weight is 306 g/mol. The van der Waals surface area contributed by atoms with Crippen molar-refractivity contribution in [3.8, 4) is 22.8 Å². The summed E-state index contributed by atoms with van der Waals surface area (Å²) in [6.07, 6.45) is 0. The van der Waals surface area contributed by atoms with E-state index < -0.39 is 0 Å². The second-order valence-corrected chi connectivity index (χ2v) is 4.99. The van der Waals surface area contributed by atoms with Gasteiger partial charge in [0.15, 0.2) is 0 Å². The molecule has 116 valence electrons. The lowest BCUT2D eigenvalue weighted by Crippen LogP contribution is -1.95. The van der Waals surface area contributed by atoms with Gasteiger partial charge in [-0.25, -0.2) is 4.98 Å². The summed E-state index contributed by atoms with van der Waals surface area (Å²) >= 11 is 0. The predicted octanol–water partition coefficient (Wildman–Crippen LogP) is 4.51. The number of nitrogens with one attached hydrogen (secondary N) is 1. The molecule has 3 rings (SSSR count). The number of aromatic nitrogens is 1. The summed E-state index contributed by atoms with van der Waals surface area (Å²) in [5.74, 6) is 2.46. The van der Waals surface area contributed by atoms with Crippen molar-refractivity contribution in [3.05, 3.63) is 66.7 Å². The quantitative estimate of drug-likeness (QED) is 0.753. The fraction of sp³-hybridized carbons (Fsp3) is 0.105. The number of methoxy groups -OCH3 is 2. The molecule has 0 bridgehead atoms. The number of anilines is 2. The van der Waals surface area contributed by atoms with Gasteiger partial charge in [0.25, 0.3) is 0 Å². The van der Waals surface area contributed by atoms with E-state index in [1.54, 1.807) is 14.2 Å². The molecule has 23 heavy (non-hydrogen) atoms. The first-order valence-electron chi connectivity index (χ1n) is 7.31. The molecule has 0 radical (unpaired) electrons. The average Bonchev–Trinajstić information content (AvgIpc) is 2.63. The second-order valence-electron chi connectivity index (χ2n) is 4.99. The third kappa shape index (κ3) is 3.61. The molecule has 0 aliphatic carbocycles. The molecule has 1 N–H and O–H groups in total. The lowest BCUT2D eigenvalue weighted by molar-refractivity contribution is 0.415. The third-order valence-corrected chi connectivity index (χ3v) is 3.50. The van der Waals surface area contributed by atoms with E-state index in [0.29, 0.717) is 0 Å². The van der Waals surface area contributed by atoms with Crippen molar-refractivity contribution in [2.75, 3.05) is 19.5 Å². The largest absolute Gasteiger partial charge is 0.497 e. The summed E-state index contributed by atoms with van der Waals surface area (Å²) in [5, 5.41) is 3.30. The van der Waals surface area contributed by atoms with Gasteiger partial charge in [-0.2, -0.15) is 0 Å². The molecule has 0 fully saturated rings. The lowest BCUT2D eigenvalue weighted by Gasteiger charge is -2.09. The molecule has 1 aromatic heterocycles. The Hall–Kier alpha value is -3.01. The highest BCUT2D eigenvalue weighted by molar-refractivity contribution is 5.64. The van der Waals surface area contributed by atoms with Crippen LogP contribution < -0.4 is 14.8 Å². The van der Waals surface area contributed by atoms with Crippen LogP contribution in [0.2, 0.25) is 0 Å². The highest BCUT2D eigenvalue weighted by atomic mass is 16.5. The number of ether oxygens (including phenoxy) is 2. The zero-order chi connectivity index (χ0) is 16.1. The van der Waals surface area contributed by atoms with Gasteiger partial charge in [0.1, 0.15) is 17.3 Å². The molecule has 0 unspecified atom stereocenters. The van der Waals surface area contributed by atoms with Crippen molar-refractivity contribution in [3.63, 3.8) is 0 Å². The number of pyridine rings is 1. The number of rotatable bonds is 5. The van der Waals surface area contributed by atoms with Crippen LogP contribution in [0.4, 0.5) is 11.5 Å². The van der Waals surface area contributed by atoms with Crippen molar-refractivity contribution in [2.24, 2.45) is 0 Å². The Morgan fingerprint density at radius 3 is 1.96 bits per heavy atom. The Balaban J connectivity index is 1.80. The smallest absolute Gasteiger partial charge is 0.131 e. The van der Waals surface area contributed by atoms with Gasteiger partial charge in [-0.3, -0.25) is 0 Å². The summed E-state index contributed by atoms with van der Waals surface area (Å²) in [5.41, 5.74) is 2.92. The van der Waals surface area contributed by atoms with E-state index in [2.05, 4.69) is 10.3 Å². The fourth-order valence-corrected chi connectivity index (χ4v) is 2.25. The van der Waals surface area contributed by atoms with E-state index >= 15 is 0 Å². The van der Waals surface area contributed by atoms with Crippen LogP contribution in [0, 0.1) is 0 Å². The molecule has 3 aromatic rings. The Morgan fingerprint density at radius 2 is 1.35 bits per heavy atom. The lowest BCUT2D eigenvalue weighted by atomic mass is 10.1. The van der Waals surface area contributed by atoms with Gasteiger partial charge in [-0.05, 0) is 60.7 Å². The van der Waals surface area contributed by atoms with Crippen LogP contribution in [0.15, 0.2) is 66.7 Å². The molecule has 1 heterocycles. The normalized spacial score (nSPS) is 10.2. The van der Waals surface area contributed by atoms with E-state index in [0.717, 1.165) is 34.3 Å². The maximum absolute atomic E-state index is 5.18. The molecule has 0 amide bonds. The maximum Gasteiger partial charge on any atom is 0.131 e. The summed E-state index contributed by atoms with van der Waals surface area (Å²) in [7, 11) is 3.31. The van der Waals surface area contributed by atoms with Crippen LogP contribution in [0.3, 0.4) is 0 Å². The minimum absolute atomic E-state index is 0.795. The van der Waals surface area contributed by atoms with Gasteiger partial charge in [-0.15, -0.1) is 0 Å². The van der Waals surface area contributed by atoms with Crippen molar-refractivity contribution >= 4 is 11.5 Å². The molecule has 0 aliphatic heterocycles. The minimum Gasteiger partial charge on any atom is -0.497 e. The van der Waals surface area contributed by atoms with E-state index in [4.69, 9.17) is 9.47 Å². The number of hydrogen-bond donors (Lipinski definition) is 1. The fourth-order valence-electron chi connectivity index (χ4n) is 2.25. The minimum atomic E-state index is 0.795. The van der Waals surface area contributed by atoms with Gasteiger partial charge < -0.3 is 14.8 Å². The topological polar surface area (TPSA) is 43.4 Å². The molecule has 4 nitrogen and oxygen atoms in total. The van der Waals surface area contributed by atoms with Gasteiger partial charge in [0, 0.05) is 11.3 Å². The molecular weight excluding hydrogens is 288 g/mol. The molecule has 0 atom stereocenters. The number of benzene rings is 2. The van der Waals surface area contributed by atoms with E-state index in [1.165, 1.54) is 0 Å². The van der Waals surface area contributed by atoms with Gasteiger partial charge in [-0.1, -0.05) is 6.07 Å². The molecule has 0 saturated heterocycles. The van der Waals surface area contributed by atoms with Gasteiger partial charge >= 0.3 is 0 Å². The molecule has 0 saturated carbocycles. The summed E-state index contributed by atoms with van der Waals surface area (Å²) < 4.78 is 10.3. The van der Waals surface area contributed by atoms with Crippen LogP contribution in [0.5, 0.6) is 11.5 Å². The Bertz CT molecular complexity index is 768. The molecular formula is C19H18N2O2. The first-order chi connectivity index (χ1) is 11.3. The monoisotopic (exact) mass is 306 g/mol. The summed E-state index contributed by atoms with van der Waals surface area (Å²) in [4.78, 5) is 4.65. The van der Waals surface area contributed by atoms with E-state index in [-0.39, 0.29) is 0 Å². The standard InChI is InChI=1S/C19H18N2O2/c1-22-16-10-6-14(7-11-16)18-4-3-5-19(21-18)20-15-8-12-17(23-2)13-9-15/h3-13H,1-2H3,(H,20,21). The number of hydrogen-bond acceptors (Lipinski definition) is 4. The first-order valence-corrected chi connectivity index (χ1v) is 7.31. The van der Waals surface area contributed by atoms with Crippen molar-refractivity contribution in [2.45, 2.75) is 0 Å². The Kier molecular flexibility index (Phi) is 4.43. The highest BCUT2D eigenvalue weighted by Gasteiger charge is 2.02. The van der Waals surface area contributed by atoms with E-state index in [1.807, 2.05) is 66.7 Å². The van der Waals surface area contributed by atoms with Crippen molar-refractivity contribution < 1.29 is 9.47 Å². The van der Waals surface area contributed by atoms with Gasteiger partial charge in [0.2, 0.25) is 0 Å². The van der Waals surface area contributed by atoms with Gasteiger partial charge in [0.05, 0.1) is 19.9 Å². The van der Waals surface area contributed by atoms with Crippen LogP contribution in [-0.2, 0) is 0 Å². The molecule has 2 aromatic carbocycles. The highest BCUT2D eigenvalue weighted by Crippen LogP contribution is 2.24. The maximum atomic E-state index is 5.18. The Morgan fingerprint density at radius 1 is 0.739 bits per heavy atom. The Labute approximate surface area is 135 Å². The summed E-state index contributed by atoms with van der Waals surface area (Å²) in [6.45, 7) is 0. The van der Waals surface area contributed by atoms with E-state index in [9.17, 15) is 0 Å². The van der Waals surface area contributed by atoms with Crippen LogP contribution in [-0.4, -0.2) is 19.2 Å². The third-order valence-electron chi connectivity index (χ3n) is 3.50. The molecule has 0 spiro atoms. The predicted molar refractivity (Wildman–Crippen MR) is 92.5 cm³/mol. The first kappa shape index (κ1) is 14.9. The molecule has 0 aliphatic rings. The van der Waals surface area contributed by atoms with Crippen molar-refractivity contribution in [1.82, 2.24) is 4.98 Å². The number of nitrogens with zero attached hydrogens (tertiary/aromatic N) is 1.